The lowest BCUT2D eigenvalue weighted by molar-refractivity contribution is 0.490. The van der Waals surface area contributed by atoms with Crippen molar-refractivity contribution in [3.8, 4) is 11.3 Å². The second-order valence-electron chi connectivity index (χ2n) is 6.25. The number of furan rings is 1. The Hall–Kier alpha value is -2.60. The van der Waals surface area contributed by atoms with Gasteiger partial charge in [0.15, 0.2) is 0 Å². The molecule has 3 aromatic rings. The maximum absolute atomic E-state index is 13.8. The molecule has 0 aliphatic rings. The molecule has 0 atom stereocenters. The van der Waals surface area contributed by atoms with Gasteiger partial charge >= 0.3 is 0 Å². The second kappa shape index (κ2) is 7.11. The molecular weight excluding hydrogens is 319 g/mol. The Balaban J connectivity index is 1.67. The van der Waals surface area contributed by atoms with Crippen LogP contribution < -0.4 is 10.2 Å². The summed E-state index contributed by atoms with van der Waals surface area (Å²) in [6, 6.07) is 10.3. The zero-order valence-electron chi connectivity index (χ0n) is 15.0. The summed E-state index contributed by atoms with van der Waals surface area (Å²) in [5.41, 5.74) is 2.64. The van der Waals surface area contributed by atoms with Crippen LogP contribution in [0.25, 0.3) is 11.3 Å². The lowest BCUT2D eigenvalue weighted by atomic mass is 10.1. The lowest BCUT2D eigenvalue weighted by Gasteiger charge is -2.15. The number of anilines is 1. The van der Waals surface area contributed by atoms with Gasteiger partial charge in [-0.05, 0) is 31.2 Å². The van der Waals surface area contributed by atoms with Crippen LogP contribution >= 0.6 is 0 Å². The highest BCUT2D eigenvalue weighted by Crippen LogP contribution is 2.25. The van der Waals surface area contributed by atoms with Gasteiger partial charge in [-0.2, -0.15) is 5.10 Å². The molecule has 2 heterocycles. The molecule has 0 amide bonds. The van der Waals surface area contributed by atoms with Crippen molar-refractivity contribution in [1.29, 1.82) is 0 Å². The minimum absolute atomic E-state index is 0.280. The van der Waals surface area contributed by atoms with Crippen LogP contribution in [0, 0.1) is 12.7 Å². The van der Waals surface area contributed by atoms with Crippen molar-refractivity contribution >= 4 is 5.82 Å². The number of hydrogen-bond donors (Lipinski definition) is 1. The largest absolute Gasteiger partial charge is 0.460 e. The summed E-state index contributed by atoms with van der Waals surface area (Å²) in [6.07, 6.45) is 0. The summed E-state index contributed by atoms with van der Waals surface area (Å²) in [5, 5.41) is 7.86. The molecule has 0 bridgehead atoms. The maximum atomic E-state index is 13.8. The molecule has 0 fully saturated rings. The zero-order chi connectivity index (χ0) is 18.0. The van der Waals surface area contributed by atoms with Gasteiger partial charge in [0.25, 0.3) is 0 Å². The first-order valence-electron chi connectivity index (χ1n) is 8.21. The topological polar surface area (TPSA) is 46.2 Å². The number of nitrogens with zero attached hydrogens (tertiary/aromatic N) is 3. The number of aromatic nitrogens is 2. The van der Waals surface area contributed by atoms with Crippen LogP contribution in [-0.4, -0.2) is 23.9 Å². The molecule has 0 spiro atoms. The van der Waals surface area contributed by atoms with Gasteiger partial charge in [0, 0.05) is 33.3 Å². The molecule has 0 saturated heterocycles. The average molecular weight is 342 g/mol. The smallest absolute Gasteiger partial charge is 0.137 e. The van der Waals surface area contributed by atoms with E-state index in [2.05, 4.69) is 15.3 Å². The van der Waals surface area contributed by atoms with Gasteiger partial charge < -0.3 is 14.6 Å². The zero-order valence-corrected chi connectivity index (χ0v) is 15.0. The molecule has 0 unspecified atom stereocenters. The number of benzene rings is 1. The van der Waals surface area contributed by atoms with E-state index in [1.54, 1.807) is 24.3 Å². The molecule has 3 rings (SSSR count). The van der Waals surface area contributed by atoms with E-state index in [0.717, 1.165) is 22.8 Å². The molecular formula is C19H23FN4O. The molecule has 132 valence electrons. The van der Waals surface area contributed by atoms with Crippen LogP contribution in [0.2, 0.25) is 0 Å². The van der Waals surface area contributed by atoms with Crippen molar-refractivity contribution in [1.82, 2.24) is 15.1 Å². The van der Waals surface area contributed by atoms with Crippen molar-refractivity contribution in [2.45, 2.75) is 20.0 Å². The molecule has 2 aromatic heterocycles. The van der Waals surface area contributed by atoms with Gasteiger partial charge in [-0.15, -0.1) is 0 Å². The Bertz CT molecular complexity index is 866. The van der Waals surface area contributed by atoms with E-state index in [0.29, 0.717) is 24.4 Å². The first-order valence-corrected chi connectivity index (χ1v) is 8.21. The van der Waals surface area contributed by atoms with Crippen LogP contribution in [-0.2, 0) is 20.1 Å². The third-order valence-electron chi connectivity index (χ3n) is 4.14. The third-order valence-corrected chi connectivity index (χ3v) is 4.14. The molecule has 0 radical (unpaired) electrons. The van der Waals surface area contributed by atoms with Gasteiger partial charge in [0.2, 0.25) is 0 Å². The van der Waals surface area contributed by atoms with E-state index >= 15 is 0 Å². The molecule has 5 nitrogen and oxygen atoms in total. The minimum Gasteiger partial charge on any atom is -0.460 e. The van der Waals surface area contributed by atoms with E-state index < -0.39 is 0 Å². The number of rotatable bonds is 6. The van der Waals surface area contributed by atoms with Crippen LogP contribution in [0.4, 0.5) is 10.2 Å². The Morgan fingerprint density at radius 1 is 1.16 bits per heavy atom. The molecule has 0 saturated carbocycles. The highest BCUT2D eigenvalue weighted by atomic mass is 19.1. The van der Waals surface area contributed by atoms with Gasteiger partial charge in [0.1, 0.15) is 23.2 Å². The van der Waals surface area contributed by atoms with Crippen LogP contribution in [0.15, 0.2) is 40.8 Å². The predicted octanol–water partition coefficient (Wildman–Crippen LogP) is 3.48. The Morgan fingerprint density at radius 3 is 2.64 bits per heavy atom. The normalized spacial score (nSPS) is 11.1. The number of aryl methyl sites for hydroxylation is 2. The van der Waals surface area contributed by atoms with Gasteiger partial charge in [-0.3, -0.25) is 4.68 Å². The third kappa shape index (κ3) is 3.58. The maximum Gasteiger partial charge on any atom is 0.137 e. The van der Waals surface area contributed by atoms with Gasteiger partial charge in [-0.25, -0.2) is 4.39 Å². The van der Waals surface area contributed by atoms with E-state index in [1.807, 2.05) is 38.8 Å². The van der Waals surface area contributed by atoms with Crippen molar-refractivity contribution in [3.63, 3.8) is 0 Å². The predicted molar refractivity (Wildman–Crippen MR) is 96.9 cm³/mol. The summed E-state index contributed by atoms with van der Waals surface area (Å²) in [5.74, 6) is 2.11. The molecule has 1 N–H and O–H groups in total. The summed E-state index contributed by atoms with van der Waals surface area (Å²) < 4.78 is 21.5. The Kier molecular flexibility index (Phi) is 4.90. The van der Waals surface area contributed by atoms with E-state index in [9.17, 15) is 4.39 Å². The SMILES string of the molecule is Cc1nn(C)c(N(C)C)c1CNCc1ccc(-c2ccccc2F)o1. The first-order chi connectivity index (χ1) is 12.0. The van der Waals surface area contributed by atoms with Crippen molar-refractivity contribution < 1.29 is 8.81 Å². The monoisotopic (exact) mass is 342 g/mol. The summed E-state index contributed by atoms with van der Waals surface area (Å²) >= 11 is 0. The van der Waals surface area contributed by atoms with Gasteiger partial charge in [-0.1, -0.05) is 12.1 Å². The highest BCUT2D eigenvalue weighted by molar-refractivity contribution is 5.58. The van der Waals surface area contributed by atoms with E-state index in [-0.39, 0.29) is 5.82 Å². The molecule has 1 aromatic carbocycles. The second-order valence-corrected chi connectivity index (χ2v) is 6.25. The fraction of sp³-hybridized carbons (Fsp3) is 0.316. The van der Waals surface area contributed by atoms with Crippen LogP contribution in [0.3, 0.4) is 0 Å². The van der Waals surface area contributed by atoms with Gasteiger partial charge in [0.05, 0.1) is 17.8 Å². The highest BCUT2D eigenvalue weighted by Gasteiger charge is 2.15. The quantitative estimate of drug-likeness (QED) is 0.745. The fourth-order valence-corrected chi connectivity index (χ4v) is 3.05. The van der Waals surface area contributed by atoms with Crippen molar-refractivity contribution in [2.24, 2.45) is 7.05 Å². The molecule has 25 heavy (non-hydrogen) atoms. The van der Waals surface area contributed by atoms with E-state index in [1.165, 1.54) is 6.07 Å². The first kappa shape index (κ1) is 17.2. The van der Waals surface area contributed by atoms with Crippen molar-refractivity contribution in [2.75, 3.05) is 19.0 Å². The summed E-state index contributed by atoms with van der Waals surface area (Å²) in [4.78, 5) is 2.06. The Labute approximate surface area is 147 Å². The molecule has 0 aliphatic heterocycles. The average Bonchev–Trinajstić information content (AvgIpc) is 3.12. The molecule has 6 heteroatoms. The number of nitrogens with one attached hydrogen (secondary N) is 1. The standard InChI is InChI=1S/C19H23FN4O/c1-13-16(19(23(2)3)24(4)22-13)12-21-11-14-9-10-18(25-14)15-7-5-6-8-17(15)20/h5-10,21H,11-12H2,1-4H3. The van der Waals surface area contributed by atoms with E-state index in [4.69, 9.17) is 4.42 Å². The van der Waals surface area contributed by atoms with Crippen molar-refractivity contribution in [3.05, 3.63) is 59.2 Å². The number of halogens is 1. The Morgan fingerprint density at radius 2 is 1.92 bits per heavy atom. The summed E-state index contributed by atoms with van der Waals surface area (Å²) in [7, 11) is 5.96. The number of hydrogen-bond acceptors (Lipinski definition) is 4. The van der Waals surface area contributed by atoms with Crippen LogP contribution in [0.5, 0.6) is 0 Å². The minimum atomic E-state index is -0.280. The lowest BCUT2D eigenvalue weighted by Crippen LogP contribution is -2.18. The fourth-order valence-electron chi connectivity index (χ4n) is 3.05. The summed E-state index contributed by atoms with van der Waals surface area (Å²) in [6.45, 7) is 3.26. The van der Waals surface area contributed by atoms with Crippen LogP contribution in [0.1, 0.15) is 17.0 Å². The molecule has 0 aliphatic carbocycles.